The summed E-state index contributed by atoms with van der Waals surface area (Å²) in [5.41, 5.74) is 3.46. The molecule has 4 heteroatoms. The summed E-state index contributed by atoms with van der Waals surface area (Å²) in [6, 6.07) is 11.4. The standard InChI is InChI=1S/C17H21N3O/c1-3-9-18-12-14-4-6-16(7-5-14)20-17(21)15-8-10-19-13(2)11-15/h4-8,10-11,18H,3,9,12H2,1-2H3,(H,20,21). The molecule has 0 saturated heterocycles. The zero-order valence-electron chi connectivity index (χ0n) is 12.5. The van der Waals surface area contributed by atoms with E-state index >= 15 is 0 Å². The zero-order valence-corrected chi connectivity index (χ0v) is 12.5. The molecule has 2 rings (SSSR count). The first-order valence-electron chi connectivity index (χ1n) is 7.22. The number of benzene rings is 1. The highest BCUT2D eigenvalue weighted by Crippen LogP contribution is 2.11. The molecule has 2 aromatic rings. The van der Waals surface area contributed by atoms with E-state index in [4.69, 9.17) is 0 Å². The predicted molar refractivity (Wildman–Crippen MR) is 85.4 cm³/mol. The largest absolute Gasteiger partial charge is 0.322 e. The number of aromatic nitrogens is 1. The van der Waals surface area contributed by atoms with Gasteiger partial charge in [0.05, 0.1) is 0 Å². The molecule has 0 aliphatic rings. The van der Waals surface area contributed by atoms with Gasteiger partial charge in [-0.05, 0) is 49.7 Å². The summed E-state index contributed by atoms with van der Waals surface area (Å²) in [6.45, 7) is 5.88. The highest BCUT2D eigenvalue weighted by molar-refractivity contribution is 6.04. The first-order chi connectivity index (χ1) is 10.2. The molecule has 1 heterocycles. The number of aryl methyl sites for hydroxylation is 1. The van der Waals surface area contributed by atoms with Crippen LogP contribution in [0.4, 0.5) is 5.69 Å². The fourth-order valence-electron chi connectivity index (χ4n) is 2.01. The summed E-state index contributed by atoms with van der Waals surface area (Å²) in [7, 11) is 0. The van der Waals surface area contributed by atoms with Gasteiger partial charge in [0.15, 0.2) is 0 Å². The number of hydrogen-bond donors (Lipinski definition) is 2. The molecule has 0 spiro atoms. The van der Waals surface area contributed by atoms with E-state index in [0.29, 0.717) is 5.56 Å². The number of pyridine rings is 1. The minimum atomic E-state index is -0.114. The van der Waals surface area contributed by atoms with Crippen LogP contribution in [0, 0.1) is 6.92 Å². The van der Waals surface area contributed by atoms with E-state index in [0.717, 1.165) is 30.9 Å². The molecule has 0 fully saturated rings. The third-order valence-corrected chi connectivity index (χ3v) is 3.13. The first-order valence-corrected chi connectivity index (χ1v) is 7.22. The number of amides is 1. The van der Waals surface area contributed by atoms with Crippen LogP contribution in [0.2, 0.25) is 0 Å². The number of carbonyl (C=O) groups is 1. The summed E-state index contributed by atoms with van der Waals surface area (Å²) in [4.78, 5) is 16.2. The van der Waals surface area contributed by atoms with Crippen molar-refractivity contribution in [3.63, 3.8) is 0 Å². The minimum Gasteiger partial charge on any atom is -0.322 e. The molecule has 1 amide bonds. The molecule has 0 unspecified atom stereocenters. The van der Waals surface area contributed by atoms with Gasteiger partial charge in [0.1, 0.15) is 0 Å². The van der Waals surface area contributed by atoms with E-state index in [1.54, 1.807) is 18.3 Å². The summed E-state index contributed by atoms with van der Waals surface area (Å²) < 4.78 is 0. The quantitative estimate of drug-likeness (QED) is 0.801. The third-order valence-electron chi connectivity index (χ3n) is 3.13. The highest BCUT2D eigenvalue weighted by Gasteiger charge is 2.06. The summed E-state index contributed by atoms with van der Waals surface area (Å²) in [6.07, 6.45) is 2.77. The molecular formula is C17H21N3O. The topological polar surface area (TPSA) is 54.0 Å². The maximum Gasteiger partial charge on any atom is 0.255 e. The average Bonchev–Trinajstić information content (AvgIpc) is 2.49. The van der Waals surface area contributed by atoms with Crippen LogP contribution in [0.25, 0.3) is 0 Å². The van der Waals surface area contributed by atoms with E-state index in [1.807, 2.05) is 31.2 Å². The van der Waals surface area contributed by atoms with Crippen molar-refractivity contribution in [1.82, 2.24) is 10.3 Å². The predicted octanol–water partition coefficient (Wildman–Crippen LogP) is 3.14. The monoisotopic (exact) mass is 283 g/mol. The molecule has 1 aromatic heterocycles. The van der Waals surface area contributed by atoms with Crippen molar-refractivity contribution in [3.8, 4) is 0 Å². The smallest absolute Gasteiger partial charge is 0.255 e. The second-order valence-corrected chi connectivity index (χ2v) is 5.01. The van der Waals surface area contributed by atoms with Crippen molar-refractivity contribution in [3.05, 3.63) is 59.4 Å². The fourth-order valence-corrected chi connectivity index (χ4v) is 2.01. The molecule has 0 saturated carbocycles. The Morgan fingerprint density at radius 2 is 1.95 bits per heavy atom. The maximum absolute atomic E-state index is 12.1. The van der Waals surface area contributed by atoms with Crippen LogP contribution >= 0.6 is 0 Å². The molecular weight excluding hydrogens is 262 g/mol. The van der Waals surface area contributed by atoms with Crippen molar-refractivity contribution in [2.24, 2.45) is 0 Å². The minimum absolute atomic E-state index is 0.114. The average molecular weight is 283 g/mol. The van der Waals surface area contributed by atoms with Gasteiger partial charge in [0.2, 0.25) is 0 Å². The van der Waals surface area contributed by atoms with Crippen LogP contribution < -0.4 is 10.6 Å². The Kier molecular flexibility index (Phi) is 5.46. The number of carbonyl (C=O) groups excluding carboxylic acids is 1. The van der Waals surface area contributed by atoms with Crippen molar-refractivity contribution in [1.29, 1.82) is 0 Å². The molecule has 2 N–H and O–H groups in total. The second-order valence-electron chi connectivity index (χ2n) is 5.01. The van der Waals surface area contributed by atoms with Crippen LogP contribution in [0.15, 0.2) is 42.6 Å². The van der Waals surface area contributed by atoms with E-state index in [1.165, 1.54) is 5.56 Å². The van der Waals surface area contributed by atoms with Crippen molar-refractivity contribution in [2.75, 3.05) is 11.9 Å². The van der Waals surface area contributed by atoms with Gasteiger partial charge in [-0.3, -0.25) is 9.78 Å². The Balaban J connectivity index is 1.95. The lowest BCUT2D eigenvalue weighted by Gasteiger charge is -2.07. The van der Waals surface area contributed by atoms with Crippen molar-refractivity contribution in [2.45, 2.75) is 26.8 Å². The normalized spacial score (nSPS) is 10.4. The van der Waals surface area contributed by atoms with Crippen LogP contribution in [0.3, 0.4) is 0 Å². The molecule has 110 valence electrons. The molecule has 21 heavy (non-hydrogen) atoms. The summed E-state index contributed by atoms with van der Waals surface area (Å²) >= 11 is 0. The van der Waals surface area contributed by atoms with E-state index in [9.17, 15) is 4.79 Å². The van der Waals surface area contributed by atoms with E-state index in [-0.39, 0.29) is 5.91 Å². The number of nitrogens with one attached hydrogen (secondary N) is 2. The van der Waals surface area contributed by atoms with Crippen LogP contribution in [-0.2, 0) is 6.54 Å². The zero-order chi connectivity index (χ0) is 15.1. The summed E-state index contributed by atoms with van der Waals surface area (Å²) in [5, 5.41) is 6.24. The van der Waals surface area contributed by atoms with Crippen LogP contribution in [0.1, 0.15) is 35.0 Å². The highest BCUT2D eigenvalue weighted by atomic mass is 16.1. The maximum atomic E-state index is 12.1. The lowest BCUT2D eigenvalue weighted by Crippen LogP contribution is -2.14. The SMILES string of the molecule is CCCNCc1ccc(NC(=O)c2ccnc(C)c2)cc1. The number of anilines is 1. The Morgan fingerprint density at radius 3 is 2.62 bits per heavy atom. The number of hydrogen-bond acceptors (Lipinski definition) is 3. The van der Waals surface area contributed by atoms with Gasteiger partial charge in [-0.1, -0.05) is 19.1 Å². The molecule has 0 bridgehead atoms. The molecule has 0 aliphatic carbocycles. The lowest BCUT2D eigenvalue weighted by molar-refractivity contribution is 0.102. The van der Waals surface area contributed by atoms with Gasteiger partial charge in [0.25, 0.3) is 5.91 Å². The second kappa shape index (κ2) is 7.55. The van der Waals surface area contributed by atoms with Gasteiger partial charge in [0, 0.05) is 29.7 Å². The number of nitrogens with zero attached hydrogens (tertiary/aromatic N) is 1. The Hall–Kier alpha value is -2.20. The Bertz CT molecular complexity index is 593. The van der Waals surface area contributed by atoms with E-state index < -0.39 is 0 Å². The van der Waals surface area contributed by atoms with Gasteiger partial charge in [-0.25, -0.2) is 0 Å². The van der Waals surface area contributed by atoms with Crippen LogP contribution in [-0.4, -0.2) is 17.4 Å². The van der Waals surface area contributed by atoms with Crippen LogP contribution in [0.5, 0.6) is 0 Å². The fraction of sp³-hybridized carbons (Fsp3) is 0.294. The Labute approximate surface area is 125 Å². The molecule has 0 aliphatic heterocycles. The third kappa shape index (κ3) is 4.68. The molecule has 0 atom stereocenters. The van der Waals surface area contributed by atoms with Gasteiger partial charge < -0.3 is 10.6 Å². The molecule has 1 aromatic carbocycles. The van der Waals surface area contributed by atoms with Crippen molar-refractivity contribution >= 4 is 11.6 Å². The molecule has 0 radical (unpaired) electrons. The Morgan fingerprint density at radius 1 is 1.19 bits per heavy atom. The number of rotatable bonds is 6. The van der Waals surface area contributed by atoms with Gasteiger partial charge in [-0.15, -0.1) is 0 Å². The van der Waals surface area contributed by atoms with E-state index in [2.05, 4.69) is 22.5 Å². The van der Waals surface area contributed by atoms with Crippen molar-refractivity contribution < 1.29 is 4.79 Å². The van der Waals surface area contributed by atoms with Gasteiger partial charge in [-0.2, -0.15) is 0 Å². The molecule has 4 nitrogen and oxygen atoms in total. The lowest BCUT2D eigenvalue weighted by atomic mass is 10.2. The summed E-state index contributed by atoms with van der Waals surface area (Å²) in [5.74, 6) is -0.114. The van der Waals surface area contributed by atoms with Gasteiger partial charge >= 0.3 is 0 Å². The first kappa shape index (κ1) is 15.2.